The maximum absolute atomic E-state index is 13.9. The van der Waals surface area contributed by atoms with E-state index in [-0.39, 0.29) is 23.3 Å². The number of benzene rings is 2. The minimum atomic E-state index is -1.84. The van der Waals surface area contributed by atoms with Gasteiger partial charge in [0.1, 0.15) is 17.1 Å². The molecular weight excluding hydrogens is 729 g/mol. The van der Waals surface area contributed by atoms with Crippen LogP contribution in [0.3, 0.4) is 0 Å². The van der Waals surface area contributed by atoms with Gasteiger partial charge < -0.3 is 19.0 Å². The van der Waals surface area contributed by atoms with E-state index in [0.29, 0.717) is 93.8 Å². The zero-order valence-electron chi connectivity index (χ0n) is 31.6. The molecule has 0 amide bonds. The van der Waals surface area contributed by atoms with E-state index in [4.69, 9.17) is 47.1 Å². The van der Waals surface area contributed by atoms with Crippen LogP contribution >= 0.6 is 23.2 Å². The molecule has 282 valence electrons. The van der Waals surface area contributed by atoms with Crippen molar-refractivity contribution in [2.45, 2.75) is 70.9 Å². The molecule has 2 aliphatic heterocycles. The van der Waals surface area contributed by atoms with E-state index in [1.165, 1.54) is 0 Å². The average molecular weight is 779 g/mol. The third-order valence-corrected chi connectivity index (χ3v) is 16.1. The first-order chi connectivity index (χ1) is 25.2. The van der Waals surface area contributed by atoms with Crippen molar-refractivity contribution in [3.63, 3.8) is 0 Å². The van der Waals surface area contributed by atoms with E-state index in [2.05, 4.69) is 48.6 Å². The van der Waals surface area contributed by atoms with Crippen molar-refractivity contribution in [3.8, 4) is 34.0 Å². The number of carbonyl (C=O) groups is 1. The molecule has 13 heteroatoms. The van der Waals surface area contributed by atoms with Gasteiger partial charge in [0.25, 0.3) is 0 Å². The lowest BCUT2D eigenvalue weighted by molar-refractivity contribution is -0.00403. The molecule has 1 N–H and O–H groups in total. The number of carbonyl (C=O) groups excluding carboxylic acids is 1. The lowest BCUT2D eigenvalue weighted by Gasteiger charge is -2.37. The maximum atomic E-state index is 13.9. The van der Waals surface area contributed by atoms with Crippen LogP contribution in [0.1, 0.15) is 53.8 Å². The lowest BCUT2D eigenvalue weighted by Crippen LogP contribution is -2.50. The van der Waals surface area contributed by atoms with Crippen molar-refractivity contribution in [2.75, 3.05) is 47.0 Å². The Balaban J connectivity index is 1.19. The van der Waals surface area contributed by atoms with E-state index < -0.39 is 8.32 Å². The Morgan fingerprint density at radius 1 is 0.981 bits per heavy atom. The van der Waals surface area contributed by atoms with E-state index in [9.17, 15) is 9.90 Å². The topological polar surface area (TPSA) is 110 Å². The normalized spacial score (nSPS) is 15.6. The van der Waals surface area contributed by atoms with Crippen molar-refractivity contribution in [1.82, 2.24) is 24.8 Å². The van der Waals surface area contributed by atoms with Crippen LogP contribution in [0.25, 0.3) is 22.4 Å². The van der Waals surface area contributed by atoms with Crippen molar-refractivity contribution in [3.05, 3.63) is 86.9 Å². The molecule has 0 saturated carbocycles. The van der Waals surface area contributed by atoms with E-state index in [1.54, 1.807) is 26.5 Å². The number of pyridine rings is 1. The number of rotatable bonds is 13. The molecule has 4 heterocycles. The number of fused-ring (bicyclic) bond motifs is 1. The number of aliphatic hydroxyl groups excluding tert-OH is 1. The van der Waals surface area contributed by atoms with Gasteiger partial charge in [-0.1, -0.05) is 80.4 Å². The Morgan fingerprint density at radius 3 is 2.36 bits per heavy atom. The Kier molecular flexibility index (Phi) is 11.9. The Hall–Kier alpha value is -3.42. The monoisotopic (exact) mass is 777 g/mol. The van der Waals surface area contributed by atoms with Gasteiger partial charge in [-0.05, 0) is 30.1 Å². The number of β-amino-alcohol motifs (C(OH)–C–C–N with tert-alkyl or cyclic N) is 1. The summed E-state index contributed by atoms with van der Waals surface area (Å²) in [6, 6.07) is 13.0. The number of ether oxygens (including phenoxy) is 2. The molecule has 1 fully saturated rings. The molecule has 2 aromatic heterocycles. The lowest BCUT2D eigenvalue weighted by atomic mass is 9.97. The molecule has 0 spiro atoms. The van der Waals surface area contributed by atoms with Crippen LogP contribution in [-0.4, -0.2) is 97.1 Å². The fourth-order valence-corrected chi connectivity index (χ4v) is 8.18. The van der Waals surface area contributed by atoms with Gasteiger partial charge in [0.2, 0.25) is 5.88 Å². The number of aliphatic hydroxyl groups is 1. The maximum Gasteiger partial charge on any atom is 0.237 e. The summed E-state index contributed by atoms with van der Waals surface area (Å²) < 4.78 is 17.8. The molecule has 1 saturated heterocycles. The summed E-state index contributed by atoms with van der Waals surface area (Å²) in [7, 11) is 1.35. The van der Waals surface area contributed by atoms with Gasteiger partial charge in [-0.25, -0.2) is 9.97 Å². The summed E-state index contributed by atoms with van der Waals surface area (Å²) in [5, 5.41) is 10.7. The second-order valence-corrected chi connectivity index (χ2v) is 20.9. The highest BCUT2D eigenvalue weighted by atomic mass is 35.5. The van der Waals surface area contributed by atoms with E-state index in [0.717, 1.165) is 30.8 Å². The van der Waals surface area contributed by atoms with Crippen LogP contribution < -0.4 is 9.47 Å². The summed E-state index contributed by atoms with van der Waals surface area (Å²) >= 11 is 14.1. The van der Waals surface area contributed by atoms with Crippen molar-refractivity contribution < 1.29 is 23.8 Å². The number of ketones is 1. The van der Waals surface area contributed by atoms with Gasteiger partial charge in [0.15, 0.2) is 14.1 Å². The first-order valence-corrected chi connectivity index (χ1v) is 21.7. The third kappa shape index (κ3) is 8.62. The number of aromatic nitrogens is 3. The summed E-state index contributed by atoms with van der Waals surface area (Å²) in [6.45, 7) is 16.0. The summed E-state index contributed by atoms with van der Waals surface area (Å²) in [4.78, 5) is 32.5. The van der Waals surface area contributed by atoms with Crippen LogP contribution in [0.5, 0.6) is 11.6 Å². The molecule has 6 rings (SSSR count). The highest BCUT2D eigenvalue weighted by molar-refractivity contribution is 6.74. The first kappa shape index (κ1) is 39.3. The molecule has 2 aliphatic rings. The summed E-state index contributed by atoms with van der Waals surface area (Å²) in [5.41, 5.74) is 6.24. The van der Waals surface area contributed by atoms with Gasteiger partial charge in [0.05, 0.1) is 48.0 Å². The fraction of sp³-hybridized carbons (Fsp3) is 0.450. The summed E-state index contributed by atoms with van der Waals surface area (Å²) in [6.07, 6.45) is 2.22. The smallest absolute Gasteiger partial charge is 0.237 e. The molecule has 0 aliphatic carbocycles. The number of likely N-dealkylation sites (tertiary alicyclic amines) is 1. The highest BCUT2D eigenvalue weighted by Crippen LogP contribution is 2.41. The van der Waals surface area contributed by atoms with Crippen molar-refractivity contribution >= 4 is 37.3 Å². The first-order valence-electron chi connectivity index (χ1n) is 18.0. The standard InChI is InChI=1S/C40H49Cl2N5O5Si/c1-40(2,3)53(6,7)52-17-16-46-15-14-29-33(23-46)44-31(19-36(29)50-4)35(49)18-25-10-8-11-27(37(25)41)28-12-9-13-30(38(28)42)32-20-43-34(39(45-32)51-5)24-47-21-26(48)22-47/h8-13,19-20,26,48H,14-18,21-24H2,1-7H3. The number of nitrogens with zero attached hydrogens (tertiary/aromatic N) is 5. The number of hydrogen-bond donors (Lipinski definition) is 1. The fourth-order valence-electron chi connectivity index (χ4n) is 6.53. The van der Waals surface area contributed by atoms with Crippen LogP contribution in [-0.2, 0) is 30.4 Å². The second kappa shape index (κ2) is 16.1. The zero-order chi connectivity index (χ0) is 38.1. The number of halogens is 2. The Morgan fingerprint density at radius 2 is 1.68 bits per heavy atom. The molecule has 0 radical (unpaired) electrons. The molecule has 53 heavy (non-hydrogen) atoms. The van der Waals surface area contributed by atoms with Crippen LogP contribution in [0, 0.1) is 0 Å². The van der Waals surface area contributed by atoms with E-state index >= 15 is 0 Å². The minimum absolute atomic E-state index is 0.0567. The van der Waals surface area contributed by atoms with Crippen LogP contribution in [0.4, 0.5) is 0 Å². The van der Waals surface area contributed by atoms with Crippen LogP contribution in [0.15, 0.2) is 48.7 Å². The molecule has 0 unspecified atom stereocenters. The Labute approximate surface area is 323 Å². The van der Waals surface area contributed by atoms with Gasteiger partial charge in [-0.3, -0.25) is 19.6 Å². The number of methoxy groups -OCH3 is 2. The number of hydrogen-bond acceptors (Lipinski definition) is 10. The Bertz CT molecular complexity index is 1980. The molecule has 4 aromatic rings. The second-order valence-electron chi connectivity index (χ2n) is 15.4. The predicted molar refractivity (Wildman–Crippen MR) is 212 cm³/mol. The van der Waals surface area contributed by atoms with Gasteiger partial charge >= 0.3 is 0 Å². The average Bonchev–Trinajstić information content (AvgIpc) is 3.11. The molecule has 10 nitrogen and oxygen atoms in total. The third-order valence-electron chi connectivity index (χ3n) is 10.7. The minimum Gasteiger partial charge on any atom is -0.496 e. The van der Waals surface area contributed by atoms with Gasteiger partial charge in [-0.2, -0.15) is 0 Å². The molecule has 2 aromatic carbocycles. The van der Waals surface area contributed by atoms with Crippen molar-refractivity contribution in [1.29, 1.82) is 0 Å². The largest absolute Gasteiger partial charge is 0.496 e. The van der Waals surface area contributed by atoms with E-state index in [1.807, 2.05) is 36.4 Å². The number of Topliss-reactive ketones (excluding diaryl/α,β-unsaturated/α-hetero) is 1. The SMILES string of the molecule is COc1cc(C(=O)Cc2cccc(-c3cccc(-c4cnc(CN5CC(O)C5)c(OC)n4)c3Cl)c2Cl)nc2c1CCN(CCO[Si](C)(C)C(C)(C)C)C2. The molecule has 0 bridgehead atoms. The van der Waals surface area contributed by atoms with Gasteiger partial charge in [0, 0.05) is 80.6 Å². The quantitative estimate of drug-likeness (QED) is 0.108. The highest BCUT2D eigenvalue weighted by Gasteiger charge is 2.37. The summed E-state index contributed by atoms with van der Waals surface area (Å²) in [5.74, 6) is 0.935. The van der Waals surface area contributed by atoms with Crippen LogP contribution in [0.2, 0.25) is 28.2 Å². The predicted octanol–water partition coefficient (Wildman–Crippen LogP) is 7.51. The molecular formula is C40H49Cl2N5O5Si. The van der Waals surface area contributed by atoms with Gasteiger partial charge in [-0.15, -0.1) is 0 Å². The van der Waals surface area contributed by atoms with Crippen molar-refractivity contribution in [2.24, 2.45) is 0 Å². The zero-order valence-corrected chi connectivity index (χ0v) is 34.1. The molecule has 0 atom stereocenters.